The summed E-state index contributed by atoms with van der Waals surface area (Å²) >= 11 is 0. The Morgan fingerprint density at radius 3 is 3.00 bits per heavy atom. The summed E-state index contributed by atoms with van der Waals surface area (Å²) in [5.74, 6) is -1.36. The van der Waals surface area contributed by atoms with Crippen LogP contribution in [0.4, 0.5) is 0 Å². The van der Waals surface area contributed by atoms with Crippen LogP contribution >= 0.6 is 0 Å². The van der Waals surface area contributed by atoms with Crippen molar-refractivity contribution in [1.82, 2.24) is 4.90 Å². The Hall–Kier alpha value is -1.91. The minimum Gasteiger partial charge on any atom is -0.548 e. The Balaban J connectivity index is 2.50. The number of nitrogens with zero attached hydrogens (tertiary/aromatic N) is 2. The van der Waals surface area contributed by atoms with Crippen LogP contribution < -0.4 is 5.11 Å². The SMILES string of the molecule is C[C@@]1(C(=O)[O-])CC(=O)N=C2C=CC=CN21. The maximum Gasteiger partial charge on any atom is 0.250 e. The number of fused-ring (bicyclic) bond motifs is 1. The first kappa shape index (κ1) is 9.64. The highest BCUT2D eigenvalue weighted by molar-refractivity contribution is 6.08. The van der Waals surface area contributed by atoms with Gasteiger partial charge in [0.15, 0.2) is 0 Å². The zero-order valence-electron chi connectivity index (χ0n) is 8.14. The molecule has 2 aliphatic rings. The van der Waals surface area contributed by atoms with E-state index in [9.17, 15) is 14.7 Å². The summed E-state index contributed by atoms with van der Waals surface area (Å²) < 4.78 is 0. The van der Waals surface area contributed by atoms with Crippen molar-refractivity contribution in [2.75, 3.05) is 0 Å². The Morgan fingerprint density at radius 2 is 2.33 bits per heavy atom. The molecule has 0 N–H and O–H groups in total. The predicted molar refractivity (Wildman–Crippen MR) is 50.6 cm³/mol. The van der Waals surface area contributed by atoms with Crippen LogP contribution in [0, 0.1) is 0 Å². The van der Waals surface area contributed by atoms with Crippen LogP contribution in [0.1, 0.15) is 13.3 Å². The molecule has 2 heterocycles. The number of rotatable bonds is 1. The molecule has 0 spiro atoms. The molecule has 5 nitrogen and oxygen atoms in total. The summed E-state index contributed by atoms with van der Waals surface area (Å²) in [6.45, 7) is 1.46. The Kier molecular flexibility index (Phi) is 1.96. The normalized spacial score (nSPS) is 28.7. The van der Waals surface area contributed by atoms with E-state index in [-0.39, 0.29) is 6.42 Å². The molecule has 1 atom stereocenters. The molecule has 0 radical (unpaired) electrons. The van der Waals surface area contributed by atoms with Crippen LogP contribution in [0.25, 0.3) is 0 Å². The van der Waals surface area contributed by atoms with E-state index in [2.05, 4.69) is 4.99 Å². The van der Waals surface area contributed by atoms with Crippen molar-refractivity contribution in [3.63, 3.8) is 0 Å². The van der Waals surface area contributed by atoms with Gasteiger partial charge in [0.1, 0.15) is 5.84 Å². The maximum atomic E-state index is 11.3. The molecule has 0 bridgehead atoms. The van der Waals surface area contributed by atoms with Gasteiger partial charge in [-0.3, -0.25) is 4.79 Å². The zero-order valence-corrected chi connectivity index (χ0v) is 8.14. The lowest BCUT2D eigenvalue weighted by Gasteiger charge is -2.43. The summed E-state index contributed by atoms with van der Waals surface area (Å²) in [6, 6.07) is 0. The number of carboxylic acid groups (broad SMARTS) is 1. The van der Waals surface area contributed by atoms with Gasteiger partial charge in [-0.2, -0.15) is 4.99 Å². The summed E-state index contributed by atoms with van der Waals surface area (Å²) in [5.41, 5.74) is -1.34. The largest absolute Gasteiger partial charge is 0.548 e. The number of aliphatic carboxylic acids is 1. The number of aliphatic imine (C=N–C) groups is 1. The molecule has 1 amide bonds. The number of hydrogen-bond donors (Lipinski definition) is 0. The highest BCUT2D eigenvalue weighted by atomic mass is 16.4. The summed E-state index contributed by atoms with van der Waals surface area (Å²) in [7, 11) is 0. The molecule has 5 heteroatoms. The van der Waals surface area contributed by atoms with Crippen LogP contribution in [-0.2, 0) is 9.59 Å². The standard InChI is InChI=1S/C10H10N2O3/c1-10(9(14)15)6-8(13)11-7-4-2-3-5-12(7)10/h2-5H,6H2,1H3,(H,14,15)/p-1/t10-/m0/s1. The van der Waals surface area contributed by atoms with Crippen LogP contribution in [-0.4, -0.2) is 28.2 Å². The third kappa shape index (κ3) is 1.36. The van der Waals surface area contributed by atoms with E-state index in [0.717, 1.165) is 0 Å². The molecular formula is C10H9N2O3-. The molecule has 0 unspecified atom stereocenters. The minimum absolute atomic E-state index is 0.170. The van der Waals surface area contributed by atoms with Gasteiger partial charge in [0.25, 0.3) is 0 Å². The minimum atomic E-state index is -1.34. The Bertz CT molecular complexity index is 422. The topological polar surface area (TPSA) is 72.8 Å². The van der Waals surface area contributed by atoms with Gasteiger partial charge in [0, 0.05) is 6.20 Å². The average Bonchev–Trinajstić information content (AvgIpc) is 2.17. The second kappa shape index (κ2) is 3.05. The van der Waals surface area contributed by atoms with E-state index in [1.54, 1.807) is 24.4 Å². The fourth-order valence-corrected chi connectivity index (χ4v) is 1.66. The van der Waals surface area contributed by atoms with E-state index in [1.165, 1.54) is 11.8 Å². The Morgan fingerprint density at radius 1 is 1.60 bits per heavy atom. The van der Waals surface area contributed by atoms with Gasteiger partial charge in [0.05, 0.1) is 17.9 Å². The number of amidine groups is 1. The fourth-order valence-electron chi connectivity index (χ4n) is 1.66. The van der Waals surface area contributed by atoms with Crippen molar-refractivity contribution < 1.29 is 14.7 Å². The van der Waals surface area contributed by atoms with Crippen molar-refractivity contribution in [3.05, 3.63) is 24.4 Å². The maximum absolute atomic E-state index is 11.3. The van der Waals surface area contributed by atoms with Crippen LogP contribution in [0.3, 0.4) is 0 Å². The molecule has 0 aromatic rings. The highest BCUT2D eigenvalue weighted by Crippen LogP contribution is 2.26. The quantitative estimate of drug-likeness (QED) is 0.562. The van der Waals surface area contributed by atoms with Gasteiger partial charge in [-0.05, 0) is 19.1 Å². The number of carbonyl (C=O) groups is 2. The number of allylic oxidation sites excluding steroid dienone is 2. The van der Waals surface area contributed by atoms with Gasteiger partial charge in [-0.15, -0.1) is 0 Å². The predicted octanol–water partition coefficient (Wildman–Crippen LogP) is -0.791. The van der Waals surface area contributed by atoms with E-state index in [1.807, 2.05) is 0 Å². The third-order valence-corrected chi connectivity index (χ3v) is 2.54. The molecular weight excluding hydrogens is 196 g/mol. The monoisotopic (exact) mass is 205 g/mol. The highest BCUT2D eigenvalue weighted by Gasteiger charge is 2.40. The number of carbonyl (C=O) groups excluding carboxylic acids is 2. The second-order valence-corrected chi connectivity index (χ2v) is 3.67. The second-order valence-electron chi connectivity index (χ2n) is 3.67. The van der Waals surface area contributed by atoms with Crippen LogP contribution in [0.5, 0.6) is 0 Å². The van der Waals surface area contributed by atoms with Crippen molar-refractivity contribution in [2.24, 2.45) is 4.99 Å². The van der Waals surface area contributed by atoms with Crippen molar-refractivity contribution in [1.29, 1.82) is 0 Å². The summed E-state index contributed by atoms with van der Waals surface area (Å²) in [5, 5.41) is 11.1. The first-order valence-corrected chi connectivity index (χ1v) is 4.51. The molecule has 0 aromatic heterocycles. The summed E-state index contributed by atoms with van der Waals surface area (Å²) in [4.78, 5) is 27.5. The van der Waals surface area contributed by atoms with E-state index >= 15 is 0 Å². The lowest BCUT2D eigenvalue weighted by atomic mass is 9.92. The smallest absolute Gasteiger partial charge is 0.250 e. The molecule has 2 aliphatic heterocycles. The summed E-state index contributed by atoms with van der Waals surface area (Å²) in [6.07, 6.45) is 6.40. The number of carboxylic acids is 1. The molecule has 0 saturated carbocycles. The lowest BCUT2D eigenvalue weighted by Crippen LogP contribution is -2.60. The van der Waals surface area contributed by atoms with Crippen LogP contribution in [0.15, 0.2) is 29.4 Å². The van der Waals surface area contributed by atoms with Crippen molar-refractivity contribution >= 4 is 17.7 Å². The molecule has 0 aromatic carbocycles. The number of hydrogen-bond acceptors (Lipinski definition) is 4. The van der Waals surface area contributed by atoms with Gasteiger partial charge in [-0.25, -0.2) is 0 Å². The fraction of sp³-hybridized carbons (Fsp3) is 0.300. The molecule has 0 saturated heterocycles. The first-order valence-electron chi connectivity index (χ1n) is 4.51. The van der Waals surface area contributed by atoms with E-state index < -0.39 is 17.4 Å². The van der Waals surface area contributed by atoms with Gasteiger partial charge >= 0.3 is 0 Å². The lowest BCUT2D eigenvalue weighted by molar-refractivity contribution is -0.316. The van der Waals surface area contributed by atoms with E-state index in [0.29, 0.717) is 5.84 Å². The van der Waals surface area contributed by atoms with E-state index in [4.69, 9.17) is 0 Å². The van der Waals surface area contributed by atoms with Gasteiger partial charge in [-0.1, -0.05) is 6.08 Å². The average molecular weight is 205 g/mol. The third-order valence-electron chi connectivity index (χ3n) is 2.54. The van der Waals surface area contributed by atoms with Gasteiger partial charge < -0.3 is 14.8 Å². The molecule has 0 aliphatic carbocycles. The zero-order chi connectivity index (χ0) is 11.1. The van der Waals surface area contributed by atoms with Crippen molar-refractivity contribution in [2.45, 2.75) is 18.9 Å². The first-order chi connectivity index (χ1) is 7.04. The van der Waals surface area contributed by atoms with Gasteiger partial charge in [0.2, 0.25) is 5.91 Å². The van der Waals surface area contributed by atoms with Crippen molar-refractivity contribution in [3.8, 4) is 0 Å². The Labute approximate surface area is 86.4 Å². The molecule has 78 valence electrons. The molecule has 15 heavy (non-hydrogen) atoms. The van der Waals surface area contributed by atoms with Crippen LogP contribution in [0.2, 0.25) is 0 Å². The molecule has 2 rings (SSSR count). The molecule has 0 fully saturated rings. The number of amides is 1.